The van der Waals surface area contributed by atoms with E-state index in [9.17, 15) is 14.4 Å². The van der Waals surface area contributed by atoms with Gasteiger partial charge in [-0.3, -0.25) is 9.59 Å². The Labute approximate surface area is 115 Å². The highest BCUT2D eigenvalue weighted by atomic mass is 16.7. The fourth-order valence-corrected chi connectivity index (χ4v) is 2.31. The highest BCUT2D eigenvalue weighted by Crippen LogP contribution is 2.26. The van der Waals surface area contributed by atoms with Crippen molar-refractivity contribution in [2.24, 2.45) is 0 Å². The van der Waals surface area contributed by atoms with E-state index in [0.717, 1.165) is 23.3 Å². The van der Waals surface area contributed by atoms with E-state index in [0.29, 0.717) is 11.7 Å². The molecular formula is C14H13NO5. The summed E-state index contributed by atoms with van der Waals surface area (Å²) in [7, 11) is 0. The molecular weight excluding hydrogens is 262 g/mol. The molecule has 0 unspecified atom stereocenters. The first-order valence-corrected chi connectivity index (χ1v) is 6.44. The quantitative estimate of drug-likeness (QED) is 0.762. The van der Waals surface area contributed by atoms with E-state index in [1.165, 1.54) is 0 Å². The van der Waals surface area contributed by atoms with Gasteiger partial charge in [-0.2, -0.15) is 0 Å². The molecule has 0 atom stereocenters. The molecule has 0 aliphatic carbocycles. The molecule has 0 aromatic heterocycles. The summed E-state index contributed by atoms with van der Waals surface area (Å²) in [5.41, 5.74) is 1.84. The second kappa shape index (κ2) is 4.96. The molecule has 1 aromatic rings. The van der Waals surface area contributed by atoms with Gasteiger partial charge < -0.3 is 9.57 Å². The maximum absolute atomic E-state index is 11.8. The SMILES string of the molecule is O=C(Cc1ccc2c(c1)CCO2)ON1C(=O)CCC1=O. The maximum Gasteiger partial charge on any atom is 0.337 e. The fraction of sp³-hybridized carbons (Fsp3) is 0.357. The number of benzene rings is 1. The van der Waals surface area contributed by atoms with E-state index in [-0.39, 0.29) is 19.3 Å². The molecule has 0 spiro atoms. The zero-order valence-electron chi connectivity index (χ0n) is 10.8. The van der Waals surface area contributed by atoms with E-state index in [2.05, 4.69) is 0 Å². The minimum absolute atomic E-state index is 0.0182. The van der Waals surface area contributed by atoms with Gasteiger partial charge in [-0.25, -0.2) is 4.79 Å². The largest absolute Gasteiger partial charge is 0.493 e. The molecule has 0 bridgehead atoms. The van der Waals surface area contributed by atoms with Crippen molar-refractivity contribution in [1.29, 1.82) is 0 Å². The van der Waals surface area contributed by atoms with E-state index < -0.39 is 17.8 Å². The summed E-state index contributed by atoms with van der Waals surface area (Å²) in [6.07, 6.45) is 1.04. The first kappa shape index (κ1) is 12.7. The van der Waals surface area contributed by atoms with Crippen LogP contribution in [-0.2, 0) is 32.1 Å². The first-order valence-electron chi connectivity index (χ1n) is 6.44. The highest BCUT2D eigenvalue weighted by molar-refractivity contribution is 6.01. The van der Waals surface area contributed by atoms with Crippen LogP contribution in [0.4, 0.5) is 0 Å². The average Bonchev–Trinajstić information content (AvgIpc) is 3.00. The van der Waals surface area contributed by atoms with Gasteiger partial charge in [0.2, 0.25) is 0 Å². The highest BCUT2D eigenvalue weighted by Gasteiger charge is 2.32. The number of hydrogen-bond acceptors (Lipinski definition) is 5. The van der Waals surface area contributed by atoms with Crippen molar-refractivity contribution >= 4 is 17.8 Å². The van der Waals surface area contributed by atoms with Crippen molar-refractivity contribution in [3.8, 4) is 5.75 Å². The lowest BCUT2D eigenvalue weighted by molar-refractivity contribution is -0.197. The number of rotatable bonds is 3. The summed E-state index contributed by atoms with van der Waals surface area (Å²) in [6.45, 7) is 0.653. The van der Waals surface area contributed by atoms with Gasteiger partial charge in [0.15, 0.2) is 0 Å². The third kappa shape index (κ3) is 2.36. The summed E-state index contributed by atoms with van der Waals surface area (Å²) in [5, 5.41) is 0.568. The van der Waals surface area contributed by atoms with Crippen LogP contribution in [-0.4, -0.2) is 29.5 Å². The lowest BCUT2D eigenvalue weighted by atomic mass is 10.1. The van der Waals surface area contributed by atoms with Gasteiger partial charge in [0.25, 0.3) is 11.8 Å². The number of hydroxylamine groups is 2. The molecule has 2 heterocycles. The minimum Gasteiger partial charge on any atom is -0.493 e. The Bertz CT molecular complexity index is 579. The molecule has 1 saturated heterocycles. The Kier molecular flexibility index (Phi) is 3.14. The lowest BCUT2D eigenvalue weighted by Crippen LogP contribution is -2.32. The van der Waals surface area contributed by atoms with Crippen LogP contribution >= 0.6 is 0 Å². The Morgan fingerprint density at radius 3 is 2.70 bits per heavy atom. The Hall–Kier alpha value is -2.37. The van der Waals surface area contributed by atoms with Crippen molar-refractivity contribution in [3.63, 3.8) is 0 Å². The Morgan fingerprint density at radius 2 is 1.95 bits per heavy atom. The number of carbonyl (C=O) groups is 3. The molecule has 3 rings (SSSR count). The number of carbonyl (C=O) groups excluding carboxylic acids is 3. The van der Waals surface area contributed by atoms with Crippen LogP contribution in [0.1, 0.15) is 24.0 Å². The summed E-state index contributed by atoms with van der Waals surface area (Å²) in [5.74, 6) is -0.712. The van der Waals surface area contributed by atoms with Crippen LogP contribution in [0.2, 0.25) is 0 Å². The monoisotopic (exact) mass is 275 g/mol. The molecule has 2 amide bonds. The number of ether oxygens (including phenoxy) is 1. The zero-order valence-corrected chi connectivity index (χ0v) is 10.8. The second-order valence-electron chi connectivity index (χ2n) is 4.76. The lowest BCUT2D eigenvalue weighted by Gasteiger charge is -2.12. The predicted octanol–water partition coefficient (Wildman–Crippen LogP) is 0.771. The van der Waals surface area contributed by atoms with Crippen molar-refractivity contribution in [2.75, 3.05) is 6.61 Å². The van der Waals surface area contributed by atoms with E-state index >= 15 is 0 Å². The van der Waals surface area contributed by atoms with Crippen molar-refractivity contribution in [1.82, 2.24) is 5.06 Å². The number of nitrogens with zero attached hydrogens (tertiary/aromatic N) is 1. The van der Waals surface area contributed by atoms with E-state index in [4.69, 9.17) is 9.57 Å². The summed E-state index contributed by atoms with van der Waals surface area (Å²) in [6, 6.07) is 5.48. The third-order valence-corrected chi connectivity index (χ3v) is 3.30. The minimum atomic E-state index is -0.618. The van der Waals surface area contributed by atoms with Gasteiger partial charge in [0.05, 0.1) is 13.0 Å². The smallest absolute Gasteiger partial charge is 0.337 e. The average molecular weight is 275 g/mol. The second-order valence-corrected chi connectivity index (χ2v) is 4.76. The molecule has 0 radical (unpaired) electrons. The summed E-state index contributed by atoms with van der Waals surface area (Å²) in [4.78, 5) is 39.3. The molecule has 1 fully saturated rings. The molecule has 2 aliphatic heterocycles. The maximum atomic E-state index is 11.8. The van der Waals surface area contributed by atoms with Crippen LogP contribution in [0.25, 0.3) is 0 Å². The number of imide groups is 1. The number of amides is 2. The van der Waals surface area contributed by atoms with Crippen molar-refractivity contribution in [3.05, 3.63) is 29.3 Å². The fourth-order valence-electron chi connectivity index (χ4n) is 2.31. The van der Waals surface area contributed by atoms with Gasteiger partial charge in [-0.05, 0) is 17.2 Å². The molecule has 1 aromatic carbocycles. The van der Waals surface area contributed by atoms with Gasteiger partial charge >= 0.3 is 5.97 Å². The summed E-state index contributed by atoms with van der Waals surface area (Å²) >= 11 is 0. The van der Waals surface area contributed by atoms with Gasteiger partial charge in [-0.15, -0.1) is 5.06 Å². The van der Waals surface area contributed by atoms with Crippen molar-refractivity contribution in [2.45, 2.75) is 25.7 Å². The van der Waals surface area contributed by atoms with E-state index in [1.54, 1.807) is 6.07 Å². The molecule has 0 saturated carbocycles. The first-order chi connectivity index (χ1) is 9.63. The van der Waals surface area contributed by atoms with Gasteiger partial charge in [0.1, 0.15) is 5.75 Å². The Morgan fingerprint density at radius 1 is 1.20 bits per heavy atom. The normalized spacial score (nSPS) is 17.1. The zero-order chi connectivity index (χ0) is 14.1. The predicted molar refractivity (Wildman–Crippen MR) is 66.5 cm³/mol. The standard InChI is InChI=1S/C14H13NO5/c16-12-3-4-13(17)15(12)20-14(18)8-9-1-2-11-10(7-9)5-6-19-11/h1-2,7H,3-6,8H2. The third-order valence-electron chi connectivity index (χ3n) is 3.30. The number of hydrogen-bond donors (Lipinski definition) is 0. The molecule has 0 N–H and O–H groups in total. The van der Waals surface area contributed by atoms with Crippen LogP contribution in [0, 0.1) is 0 Å². The van der Waals surface area contributed by atoms with Gasteiger partial charge in [-0.1, -0.05) is 12.1 Å². The molecule has 6 nitrogen and oxygen atoms in total. The number of fused-ring (bicyclic) bond motifs is 1. The van der Waals surface area contributed by atoms with Crippen molar-refractivity contribution < 1.29 is 24.0 Å². The molecule has 6 heteroatoms. The molecule has 2 aliphatic rings. The Balaban J connectivity index is 1.64. The van der Waals surface area contributed by atoms with Crippen LogP contribution < -0.4 is 4.74 Å². The molecule has 104 valence electrons. The van der Waals surface area contributed by atoms with Crippen LogP contribution in [0.15, 0.2) is 18.2 Å². The molecule has 20 heavy (non-hydrogen) atoms. The summed E-state index contributed by atoms with van der Waals surface area (Å²) < 4.78 is 5.38. The van der Waals surface area contributed by atoms with E-state index in [1.807, 2.05) is 12.1 Å². The topological polar surface area (TPSA) is 72.9 Å². The van der Waals surface area contributed by atoms with Crippen LogP contribution in [0.3, 0.4) is 0 Å². The van der Waals surface area contributed by atoms with Crippen LogP contribution in [0.5, 0.6) is 5.75 Å². The van der Waals surface area contributed by atoms with Gasteiger partial charge in [0, 0.05) is 19.3 Å².